The number of likely N-dealkylation sites (tertiary alicyclic amines) is 1. The monoisotopic (exact) mass is 420 g/mol. The highest BCUT2D eigenvalue weighted by Gasteiger charge is 2.22. The summed E-state index contributed by atoms with van der Waals surface area (Å²) in [6, 6.07) is 13.9. The van der Waals surface area contributed by atoms with E-state index in [0.29, 0.717) is 31.4 Å². The van der Waals surface area contributed by atoms with Crippen molar-refractivity contribution in [3.8, 4) is 11.5 Å². The first-order valence-corrected chi connectivity index (χ1v) is 11.0. The van der Waals surface area contributed by atoms with Gasteiger partial charge in [-0.15, -0.1) is 0 Å². The van der Waals surface area contributed by atoms with Crippen molar-refractivity contribution in [2.24, 2.45) is 5.92 Å². The van der Waals surface area contributed by atoms with E-state index in [1.807, 2.05) is 24.3 Å². The third-order valence-electron chi connectivity index (χ3n) is 6.19. The van der Waals surface area contributed by atoms with Crippen LogP contribution in [0, 0.1) is 12.8 Å². The van der Waals surface area contributed by atoms with Crippen LogP contribution in [0.1, 0.15) is 18.7 Å². The van der Waals surface area contributed by atoms with Gasteiger partial charge >= 0.3 is 0 Å². The van der Waals surface area contributed by atoms with Gasteiger partial charge in [-0.25, -0.2) is 4.98 Å². The summed E-state index contributed by atoms with van der Waals surface area (Å²) in [6.07, 6.45) is 2.17. The number of piperidine rings is 1. The van der Waals surface area contributed by atoms with Crippen LogP contribution in [0.5, 0.6) is 11.5 Å². The Labute approximate surface area is 182 Å². The number of ether oxygens (including phenoxy) is 2. The second-order valence-corrected chi connectivity index (χ2v) is 8.38. The number of nitrogens with one attached hydrogen (secondary N) is 1. The number of aryl methyl sites for hydroxylation is 1. The predicted molar refractivity (Wildman–Crippen MR) is 120 cm³/mol. The third kappa shape index (κ3) is 4.37. The molecule has 162 valence electrons. The lowest BCUT2D eigenvalue weighted by atomic mass is 9.96. The first-order valence-electron chi connectivity index (χ1n) is 11.0. The van der Waals surface area contributed by atoms with Gasteiger partial charge < -0.3 is 19.4 Å². The van der Waals surface area contributed by atoms with Crippen LogP contribution in [0.2, 0.25) is 0 Å². The van der Waals surface area contributed by atoms with Crippen LogP contribution in [0.15, 0.2) is 42.5 Å². The number of nitrogens with zero attached hydrogens (tertiary/aromatic N) is 3. The van der Waals surface area contributed by atoms with Gasteiger partial charge in [0.25, 0.3) is 0 Å². The van der Waals surface area contributed by atoms with Crippen molar-refractivity contribution in [2.75, 3.05) is 38.2 Å². The van der Waals surface area contributed by atoms with E-state index in [4.69, 9.17) is 9.47 Å². The van der Waals surface area contributed by atoms with E-state index in [-0.39, 0.29) is 5.91 Å². The summed E-state index contributed by atoms with van der Waals surface area (Å²) in [5.74, 6) is 3.10. The number of amides is 1. The zero-order chi connectivity index (χ0) is 21.2. The fourth-order valence-electron chi connectivity index (χ4n) is 4.54. The Kier molecular flexibility index (Phi) is 5.51. The molecule has 0 bridgehead atoms. The van der Waals surface area contributed by atoms with Gasteiger partial charge in [-0.1, -0.05) is 12.1 Å². The molecule has 0 radical (unpaired) electrons. The third-order valence-corrected chi connectivity index (χ3v) is 6.19. The summed E-state index contributed by atoms with van der Waals surface area (Å²) >= 11 is 0. The maximum absolute atomic E-state index is 12.5. The van der Waals surface area contributed by atoms with Crippen LogP contribution < -0.4 is 14.8 Å². The molecule has 0 saturated carbocycles. The zero-order valence-electron chi connectivity index (χ0n) is 17.8. The van der Waals surface area contributed by atoms with Crippen LogP contribution in [0.4, 0.5) is 5.69 Å². The summed E-state index contributed by atoms with van der Waals surface area (Å²) in [7, 11) is 0. The maximum Gasteiger partial charge on any atom is 0.238 e. The standard InChI is InChI=1S/C24H28N4O3/c1-17-25-20-4-2-3-5-21(20)28(17)15-18-8-10-27(11-9-18)16-24(29)26-19-6-7-22-23(14-19)31-13-12-30-22/h2-7,14,18H,8-13,15-16H2,1H3,(H,26,29). The number of imidazole rings is 1. The fourth-order valence-corrected chi connectivity index (χ4v) is 4.54. The first kappa shape index (κ1) is 19.9. The van der Waals surface area contributed by atoms with Gasteiger partial charge in [0.05, 0.1) is 17.6 Å². The Morgan fingerprint density at radius 2 is 1.87 bits per heavy atom. The van der Waals surface area contributed by atoms with E-state index in [2.05, 4.69) is 44.9 Å². The number of carbonyl (C=O) groups excluding carboxylic acids is 1. The van der Waals surface area contributed by atoms with E-state index in [1.54, 1.807) is 0 Å². The smallest absolute Gasteiger partial charge is 0.238 e. The van der Waals surface area contributed by atoms with E-state index in [1.165, 1.54) is 5.52 Å². The molecule has 1 aromatic heterocycles. The Hall–Kier alpha value is -3.06. The molecule has 7 heteroatoms. The molecule has 1 saturated heterocycles. The number of benzene rings is 2. The van der Waals surface area contributed by atoms with Crippen LogP contribution >= 0.6 is 0 Å². The van der Waals surface area contributed by atoms with Crippen LogP contribution in [0.25, 0.3) is 11.0 Å². The molecule has 7 nitrogen and oxygen atoms in total. The molecule has 3 heterocycles. The SMILES string of the molecule is Cc1nc2ccccc2n1CC1CCN(CC(=O)Nc2ccc3c(c2)OCCO3)CC1. The average Bonchev–Trinajstić information content (AvgIpc) is 3.10. The summed E-state index contributed by atoms with van der Waals surface area (Å²) in [5, 5.41) is 2.99. The van der Waals surface area contributed by atoms with Crippen LogP contribution in [-0.4, -0.2) is 53.2 Å². The molecular weight excluding hydrogens is 392 g/mol. The minimum atomic E-state index is 0.00609. The number of hydrogen-bond acceptors (Lipinski definition) is 5. The highest BCUT2D eigenvalue weighted by molar-refractivity contribution is 5.92. The quantitative estimate of drug-likeness (QED) is 0.685. The normalized spacial score (nSPS) is 17.1. The maximum atomic E-state index is 12.5. The van der Waals surface area contributed by atoms with Gasteiger partial charge in [0.1, 0.15) is 19.0 Å². The first-order chi connectivity index (χ1) is 15.2. The molecule has 31 heavy (non-hydrogen) atoms. The van der Waals surface area contributed by atoms with E-state index < -0.39 is 0 Å². The predicted octanol–water partition coefficient (Wildman–Crippen LogP) is 3.47. The van der Waals surface area contributed by atoms with Crippen LogP contribution in [0.3, 0.4) is 0 Å². The molecule has 2 aliphatic heterocycles. The summed E-state index contributed by atoms with van der Waals surface area (Å²) in [6.45, 7) is 6.45. The fraction of sp³-hybridized carbons (Fsp3) is 0.417. The molecule has 1 fully saturated rings. The van der Waals surface area contributed by atoms with E-state index in [0.717, 1.165) is 55.3 Å². The molecule has 5 rings (SSSR count). The molecule has 1 N–H and O–H groups in total. The van der Waals surface area contributed by atoms with Gasteiger partial charge in [-0.3, -0.25) is 9.69 Å². The van der Waals surface area contributed by atoms with Crippen molar-refractivity contribution >= 4 is 22.6 Å². The molecule has 2 aromatic carbocycles. The van der Waals surface area contributed by atoms with E-state index in [9.17, 15) is 4.79 Å². The van der Waals surface area contributed by atoms with Gasteiger partial charge in [-0.2, -0.15) is 0 Å². The zero-order valence-corrected chi connectivity index (χ0v) is 17.8. The summed E-state index contributed by atoms with van der Waals surface area (Å²) in [5.41, 5.74) is 3.01. The topological polar surface area (TPSA) is 68.6 Å². The number of carbonyl (C=O) groups is 1. The lowest BCUT2D eigenvalue weighted by Crippen LogP contribution is -2.40. The summed E-state index contributed by atoms with van der Waals surface area (Å²) < 4.78 is 13.5. The average molecular weight is 421 g/mol. The molecule has 3 aromatic rings. The largest absolute Gasteiger partial charge is 0.486 e. The van der Waals surface area contributed by atoms with Gasteiger partial charge in [-0.05, 0) is 63.0 Å². The minimum absolute atomic E-state index is 0.00609. The molecule has 0 aliphatic carbocycles. The van der Waals surface area contributed by atoms with E-state index >= 15 is 0 Å². The highest BCUT2D eigenvalue weighted by atomic mass is 16.6. The molecule has 0 spiro atoms. The van der Waals surface area contributed by atoms with Gasteiger partial charge in [0.2, 0.25) is 5.91 Å². The van der Waals surface area contributed by atoms with Crippen molar-refractivity contribution in [2.45, 2.75) is 26.3 Å². The van der Waals surface area contributed by atoms with Gasteiger partial charge in [0.15, 0.2) is 11.5 Å². The highest BCUT2D eigenvalue weighted by Crippen LogP contribution is 2.32. The second kappa shape index (κ2) is 8.59. The van der Waals surface area contributed by atoms with Gasteiger partial charge in [0, 0.05) is 18.3 Å². The Morgan fingerprint density at radius 1 is 1.10 bits per heavy atom. The minimum Gasteiger partial charge on any atom is -0.486 e. The molecule has 2 aliphatic rings. The second-order valence-electron chi connectivity index (χ2n) is 8.38. The van der Waals surface area contributed by atoms with Crippen molar-refractivity contribution < 1.29 is 14.3 Å². The number of fused-ring (bicyclic) bond motifs is 2. The molecular formula is C24H28N4O3. The summed E-state index contributed by atoms with van der Waals surface area (Å²) in [4.78, 5) is 19.5. The number of hydrogen-bond donors (Lipinski definition) is 1. The number of anilines is 1. The van der Waals surface area contributed by atoms with Crippen molar-refractivity contribution in [3.63, 3.8) is 0 Å². The molecule has 0 atom stereocenters. The lowest BCUT2D eigenvalue weighted by Gasteiger charge is -2.32. The lowest BCUT2D eigenvalue weighted by molar-refractivity contribution is -0.117. The van der Waals surface area contributed by atoms with Crippen LogP contribution in [-0.2, 0) is 11.3 Å². The molecule has 1 amide bonds. The Morgan fingerprint density at radius 3 is 2.71 bits per heavy atom. The van der Waals surface area contributed by atoms with Crippen molar-refractivity contribution in [1.82, 2.24) is 14.5 Å². The van der Waals surface area contributed by atoms with Crippen molar-refractivity contribution in [1.29, 1.82) is 0 Å². The Balaban J connectivity index is 1.13. The van der Waals surface area contributed by atoms with Crippen molar-refractivity contribution in [3.05, 3.63) is 48.3 Å². The molecule has 0 unspecified atom stereocenters. The number of para-hydroxylation sites is 2. The Bertz CT molecular complexity index is 1090. The number of rotatable bonds is 5. The number of aromatic nitrogens is 2.